The molecule has 19 heavy (non-hydrogen) atoms. The van der Waals surface area contributed by atoms with Gasteiger partial charge >= 0.3 is 0 Å². The summed E-state index contributed by atoms with van der Waals surface area (Å²) < 4.78 is 12.7. The minimum Gasteiger partial charge on any atom is -0.357 e. The van der Waals surface area contributed by atoms with E-state index in [2.05, 4.69) is 16.2 Å². The molecule has 0 heterocycles. The van der Waals surface area contributed by atoms with Crippen LogP contribution in [0.5, 0.6) is 0 Å². The van der Waals surface area contributed by atoms with Crippen molar-refractivity contribution in [1.29, 1.82) is 0 Å². The van der Waals surface area contributed by atoms with Crippen LogP contribution in [0.2, 0.25) is 0 Å². The van der Waals surface area contributed by atoms with Gasteiger partial charge in [0.25, 0.3) is 0 Å². The highest BCUT2D eigenvalue weighted by Crippen LogP contribution is 2.03. The molecule has 98 valence electrons. The lowest BCUT2D eigenvalue weighted by atomic mass is 10.2. The molecule has 0 spiro atoms. The molecule has 0 fully saturated rings. The van der Waals surface area contributed by atoms with E-state index in [1.165, 1.54) is 12.1 Å². The van der Waals surface area contributed by atoms with Gasteiger partial charge in [0.2, 0.25) is 0 Å². The van der Waals surface area contributed by atoms with Gasteiger partial charge in [-0.1, -0.05) is 30.3 Å². The van der Waals surface area contributed by atoms with Gasteiger partial charge in [0, 0.05) is 6.54 Å². The number of para-hydroxylation sites is 1. The fourth-order valence-electron chi connectivity index (χ4n) is 1.48. The van der Waals surface area contributed by atoms with Gasteiger partial charge in [-0.25, -0.2) is 4.39 Å². The van der Waals surface area contributed by atoms with Crippen LogP contribution in [-0.2, 0) is 6.54 Å². The van der Waals surface area contributed by atoms with Crippen molar-refractivity contribution in [1.82, 2.24) is 10.7 Å². The lowest BCUT2D eigenvalue weighted by molar-refractivity contribution is 0.626. The van der Waals surface area contributed by atoms with Crippen LogP contribution in [0.1, 0.15) is 5.56 Å². The fraction of sp³-hybridized carbons (Fsp3) is 0.0714. The molecule has 0 atom stereocenters. The minimum atomic E-state index is -0.241. The Morgan fingerprint density at radius 3 is 2.37 bits per heavy atom. The van der Waals surface area contributed by atoms with Gasteiger partial charge in [-0.15, -0.1) is 0 Å². The number of anilines is 1. The highest BCUT2D eigenvalue weighted by molar-refractivity contribution is 7.80. The number of benzene rings is 2. The second-order valence-corrected chi connectivity index (χ2v) is 4.33. The van der Waals surface area contributed by atoms with E-state index >= 15 is 0 Å². The molecule has 0 saturated carbocycles. The molecule has 3 nitrogen and oxygen atoms in total. The Labute approximate surface area is 116 Å². The van der Waals surface area contributed by atoms with Crippen LogP contribution in [0.4, 0.5) is 10.1 Å². The monoisotopic (exact) mass is 275 g/mol. The fourth-order valence-corrected chi connectivity index (χ4v) is 1.60. The molecule has 2 rings (SSSR count). The van der Waals surface area contributed by atoms with Crippen LogP contribution in [0.3, 0.4) is 0 Å². The minimum absolute atomic E-state index is 0.241. The molecular weight excluding hydrogens is 261 g/mol. The topological polar surface area (TPSA) is 36.1 Å². The van der Waals surface area contributed by atoms with Crippen molar-refractivity contribution in [3.05, 3.63) is 66.0 Å². The highest BCUT2D eigenvalue weighted by Gasteiger charge is 1.97. The van der Waals surface area contributed by atoms with Gasteiger partial charge in [-0.3, -0.25) is 10.9 Å². The van der Waals surface area contributed by atoms with E-state index in [9.17, 15) is 4.39 Å². The summed E-state index contributed by atoms with van der Waals surface area (Å²) >= 11 is 5.12. The predicted octanol–water partition coefficient (Wildman–Crippen LogP) is 2.82. The summed E-state index contributed by atoms with van der Waals surface area (Å²) in [5.74, 6) is -0.241. The maximum atomic E-state index is 12.7. The quantitative estimate of drug-likeness (QED) is 0.592. The summed E-state index contributed by atoms with van der Waals surface area (Å²) in [6.07, 6.45) is 0. The lowest BCUT2D eigenvalue weighted by Gasteiger charge is -2.12. The smallest absolute Gasteiger partial charge is 0.185 e. The molecule has 0 saturated heterocycles. The van der Waals surface area contributed by atoms with Crippen LogP contribution < -0.4 is 16.2 Å². The van der Waals surface area contributed by atoms with Crippen molar-refractivity contribution in [3.8, 4) is 0 Å². The number of rotatable bonds is 4. The summed E-state index contributed by atoms with van der Waals surface area (Å²) in [5, 5.41) is 3.50. The Hall–Kier alpha value is -2.14. The first kappa shape index (κ1) is 13.3. The van der Waals surface area contributed by atoms with Crippen molar-refractivity contribution in [2.24, 2.45) is 0 Å². The van der Waals surface area contributed by atoms with E-state index in [-0.39, 0.29) is 5.82 Å². The maximum Gasteiger partial charge on any atom is 0.185 e. The van der Waals surface area contributed by atoms with E-state index in [0.717, 1.165) is 11.3 Å². The van der Waals surface area contributed by atoms with Crippen LogP contribution in [0.15, 0.2) is 54.6 Å². The maximum absolute atomic E-state index is 12.7. The van der Waals surface area contributed by atoms with Crippen LogP contribution in [0, 0.1) is 5.82 Å². The largest absolute Gasteiger partial charge is 0.357 e. The highest BCUT2D eigenvalue weighted by atomic mass is 32.1. The average molecular weight is 275 g/mol. The zero-order chi connectivity index (χ0) is 13.5. The number of hydrazine groups is 1. The van der Waals surface area contributed by atoms with Gasteiger partial charge in [0.1, 0.15) is 5.82 Å². The Morgan fingerprint density at radius 2 is 1.68 bits per heavy atom. The van der Waals surface area contributed by atoms with Crippen molar-refractivity contribution < 1.29 is 4.39 Å². The average Bonchev–Trinajstić information content (AvgIpc) is 2.45. The van der Waals surface area contributed by atoms with E-state index < -0.39 is 0 Å². The van der Waals surface area contributed by atoms with Crippen molar-refractivity contribution in [3.63, 3.8) is 0 Å². The van der Waals surface area contributed by atoms with E-state index in [4.69, 9.17) is 12.2 Å². The Balaban J connectivity index is 1.74. The number of thiocarbonyl (C=S) groups is 1. The van der Waals surface area contributed by atoms with E-state index in [1.807, 2.05) is 30.3 Å². The summed E-state index contributed by atoms with van der Waals surface area (Å²) in [7, 11) is 0. The second-order valence-electron chi connectivity index (χ2n) is 3.93. The first-order valence-corrected chi connectivity index (χ1v) is 6.24. The normalized spacial score (nSPS) is 9.74. The summed E-state index contributed by atoms with van der Waals surface area (Å²) in [6, 6.07) is 15.9. The van der Waals surface area contributed by atoms with Crippen molar-refractivity contribution in [2.75, 3.05) is 5.43 Å². The summed E-state index contributed by atoms with van der Waals surface area (Å²) in [5.41, 5.74) is 7.74. The first-order chi connectivity index (χ1) is 9.24. The molecule has 0 aliphatic rings. The van der Waals surface area contributed by atoms with Crippen LogP contribution in [-0.4, -0.2) is 5.11 Å². The molecule has 0 aromatic heterocycles. The number of nitrogens with one attached hydrogen (secondary N) is 3. The van der Waals surface area contributed by atoms with Gasteiger partial charge in [-0.05, 0) is 42.0 Å². The van der Waals surface area contributed by atoms with Crippen molar-refractivity contribution >= 4 is 23.0 Å². The lowest BCUT2D eigenvalue weighted by Crippen LogP contribution is -2.38. The standard InChI is InChI=1S/C14H14FN3S/c15-12-8-6-11(7-9-12)10-16-14(19)18-17-13-4-2-1-3-5-13/h1-9,17H,10H2,(H2,16,18,19). The zero-order valence-electron chi connectivity index (χ0n) is 10.2. The SMILES string of the molecule is Fc1ccc(CNC(=S)NNc2ccccc2)cc1. The molecule has 2 aromatic carbocycles. The Kier molecular flexibility index (Phi) is 4.69. The molecule has 0 aliphatic carbocycles. The molecule has 0 unspecified atom stereocenters. The van der Waals surface area contributed by atoms with Crippen LogP contribution in [0.25, 0.3) is 0 Å². The van der Waals surface area contributed by atoms with Crippen LogP contribution >= 0.6 is 12.2 Å². The molecule has 5 heteroatoms. The number of halogens is 1. The number of hydrogen-bond acceptors (Lipinski definition) is 2. The van der Waals surface area contributed by atoms with Gasteiger partial charge in [0.05, 0.1) is 5.69 Å². The molecule has 0 aliphatic heterocycles. The number of hydrogen-bond donors (Lipinski definition) is 3. The molecule has 0 amide bonds. The predicted molar refractivity (Wildman–Crippen MR) is 79.0 cm³/mol. The second kappa shape index (κ2) is 6.70. The van der Waals surface area contributed by atoms with Gasteiger partial charge in [-0.2, -0.15) is 0 Å². The summed E-state index contributed by atoms with van der Waals surface area (Å²) in [6.45, 7) is 0.544. The van der Waals surface area contributed by atoms with E-state index in [1.54, 1.807) is 12.1 Å². The third kappa shape index (κ3) is 4.56. The van der Waals surface area contributed by atoms with Gasteiger partial charge < -0.3 is 5.32 Å². The third-order valence-corrected chi connectivity index (χ3v) is 2.71. The molecule has 0 radical (unpaired) electrons. The molecule has 0 bridgehead atoms. The zero-order valence-corrected chi connectivity index (χ0v) is 11.0. The molecule has 2 aromatic rings. The summed E-state index contributed by atoms with van der Waals surface area (Å²) in [4.78, 5) is 0. The molecule has 3 N–H and O–H groups in total. The molecular formula is C14H14FN3S. The Morgan fingerprint density at radius 1 is 1.00 bits per heavy atom. The first-order valence-electron chi connectivity index (χ1n) is 5.83. The van der Waals surface area contributed by atoms with E-state index in [0.29, 0.717) is 11.7 Å². The van der Waals surface area contributed by atoms with Gasteiger partial charge in [0.15, 0.2) is 5.11 Å². The van der Waals surface area contributed by atoms with Crippen molar-refractivity contribution in [2.45, 2.75) is 6.54 Å². The Bertz CT molecular complexity index is 528. The third-order valence-electron chi connectivity index (χ3n) is 2.46.